The zero-order valence-electron chi connectivity index (χ0n) is 9.05. The zero-order chi connectivity index (χ0) is 10.8. The van der Waals surface area contributed by atoms with Crippen LogP contribution in [0.2, 0.25) is 0 Å². The van der Waals surface area contributed by atoms with Crippen LogP contribution in [-0.2, 0) is 0 Å². The number of guanidine groups is 1. The summed E-state index contributed by atoms with van der Waals surface area (Å²) in [4.78, 5) is 10.8. The average molecular weight is 224 g/mol. The lowest BCUT2D eigenvalue weighted by molar-refractivity contribution is 0.309. The summed E-state index contributed by atoms with van der Waals surface area (Å²) in [6.07, 6.45) is 1.84. The van der Waals surface area contributed by atoms with E-state index in [4.69, 9.17) is 5.73 Å². The third-order valence-corrected chi connectivity index (χ3v) is 3.27. The Hall–Kier alpha value is -1.10. The Bertz CT molecular complexity index is 344. The molecule has 0 amide bonds. The van der Waals surface area contributed by atoms with Gasteiger partial charge in [-0.2, -0.15) is 0 Å². The molecule has 15 heavy (non-hydrogen) atoms. The highest BCUT2D eigenvalue weighted by Crippen LogP contribution is 2.27. The van der Waals surface area contributed by atoms with Crippen LogP contribution >= 0.6 is 11.3 Å². The number of nitrogens with zero attached hydrogens (tertiary/aromatic N) is 3. The van der Waals surface area contributed by atoms with Gasteiger partial charge in [-0.3, -0.25) is 4.99 Å². The SMILES string of the molecule is CC(C)CN1C(N)=NCC1c1nccs1. The van der Waals surface area contributed by atoms with E-state index in [1.165, 1.54) is 0 Å². The van der Waals surface area contributed by atoms with Crippen LogP contribution in [0.15, 0.2) is 16.6 Å². The van der Waals surface area contributed by atoms with E-state index in [0.717, 1.165) is 18.1 Å². The monoisotopic (exact) mass is 224 g/mol. The largest absolute Gasteiger partial charge is 0.370 e. The molecule has 1 aromatic rings. The lowest BCUT2D eigenvalue weighted by atomic mass is 10.2. The molecule has 0 radical (unpaired) electrons. The van der Waals surface area contributed by atoms with E-state index in [9.17, 15) is 0 Å². The van der Waals surface area contributed by atoms with Gasteiger partial charge in [0, 0.05) is 18.1 Å². The Labute approximate surface area is 93.8 Å². The minimum atomic E-state index is 0.257. The molecule has 0 fully saturated rings. The molecule has 2 rings (SSSR count). The summed E-state index contributed by atoms with van der Waals surface area (Å²) >= 11 is 1.67. The molecule has 1 unspecified atom stereocenters. The van der Waals surface area contributed by atoms with E-state index in [1.807, 2.05) is 11.6 Å². The summed E-state index contributed by atoms with van der Waals surface area (Å²) < 4.78 is 0. The fourth-order valence-electron chi connectivity index (χ4n) is 1.75. The third-order valence-electron chi connectivity index (χ3n) is 2.40. The third kappa shape index (κ3) is 2.12. The van der Waals surface area contributed by atoms with E-state index in [1.54, 1.807) is 11.3 Å². The number of thiazole rings is 1. The van der Waals surface area contributed by atoms with Gasteiger partial charge >= 0.3 is 0 Å². The van der Waals surface area contributed by atoms with Crippen molar-refractivity contribution in [2.24, 2.45) is 16.6 Å². The van der Waals surface area contributed by atoms with E-state index < -0.39 is 0 Å². The molecule has 0 aliphatic carbocycles. The van der Waals surface area contributed by atoms with Gasteiger partial charge in [0.15, 0.2) is 5.96 Å². The molecular formula is C10H16N4S. The molecule has 4 nitrogen and oxygen atoms in total. The van der Waals surface area contributed by atoms with Gasteiger partial charge in [0.05, 0.1) is 6.54 Å². The minimum Gasteiger partial charge on any atom is -0.370 e. The molecule has 0 saturated carbocycles. The number of hydrogen-bond acceptors (Lipinski definition) is 5. The maximum absolute atomic E-state index is 5.88. The second kappa shape index (κ2) is 4.18. The van der Waals surface area contributed by atoms with E-state index in [2.05, 4.69) is 28.7 Å². The first-order chi connectivity index (χ1) is 7.18. The number of aromatic nitrogens is 1. The molecule has 1 aromatic heterocycles. The molecular weight excluding hydrogens is 208 g/mol. The van der Waals surface area contributed by atoms with Crippen molar-refractivity contribution < 1.29 is 0 Å². The molecule has 5 heteroatoms. The van der Waals surface area contributed by atoms with E-state index in [0.29, 0.717) is 11.9 Å². The van der Waals surface area contributed by atoms with E-state index >= 15 is 0 Å². The van der Waals surface area contributed by atoms with Gasteiger partial charge in [-0.25, -0.2) is 4.98 Å². The molecule has 1 aliphatic rings. The molecule has 0 spiro atoms. The molecule has 2 heterocycles. The molecule has 2 N–H and O–H groups in total. The second-order valence-corrected chi connectivity index (χ2v) is 5.06. The summed E-state index contributed by atoms with van der Waals surface area (Å²) in [5.74, 6) is 1.24. The van der Waals surface area contributed by atoms with Crippen molar-refractivity contribution in [2.45, 2.75) is 19.9 Å². The van der Waals surface area contributed by atoms with Crippen molar-refractivity contribution in [1.29, 1.82) is 0 Å². The first kappa shape index (κ1) is 10.4. The standard InChI is InChI=1S/C10H16N4S/c1-7(2)6-14-8(5-13-10(14)11)9-12-3-4-15-9/h3-4,7-8H,5-6H2,1-2H3,(H2,11,13). The van der Waals surface area contributed by atoms with Crippen molar-refractivity contribution in [1.82, 2.24) is 9.88 Å². The fourth-order valence-corrected chi connectivity index (χ4v) is 2.50. The average Bonchev–Trinajstić information content (AvgIpc) is 2.76. The molecule has 82 valence electrons. The molecule has 0 bridgehead atoms. The molecule has 1 atom stereocenters. The van der Waals surface area contributed by atoms with Crippen molar-refractivity contribution in [3.05, 3.63) is 16.6 Å². The number of hydrogen-bond donors (Lipinski definition) is 1. The van der Waals surface area contributed by atoms with Crippen LogP contribution in [0.3, 0.4) is 0 Å². The van der Waals surface area contributed by atoms with E-state index in [-0.39, 0.29) is 6.04 Å². The molecule has 0 aromatic carbocycles. The van der Waals surface area contributed by atoms with Gasteiger partial charge in [0.2, 0.25) is 0 Å². The van der Waals surface area contributed by atoms with Crippen LogP contribution in [0, 0.1) is 5.92 Å². The quantitative estimate of drug-likeness (QED) is 0.846. The number of rotatable bonds is 3. The Morgan fingerprint density at radius 2 is 2.47 bits per heavy atom. The first-order valence-corrected chi connectivity index (χ1v) is 6.02. The van der Waals surface area contributed by atoms with Gasteiger partial charge in [-0.1, -0.05) is 13.8 Å². The van der Waals surface area contributed by atoms with Crippen LogP contribution < -0.4 is 5.73 Å². The van der Waals surface area contributed by atoms with Crippen LogP contribution in [0.25, 0.3) is 0 Å². The predicted octanol–water partition coefficient (Wildman–Crippen LogP) is 1.47. The Balaban J connectivity index is 2.14. The second-order valence-electron chi connectivity index (χ2n) is 4.13. The zero-order valence-corrected chi connectivity index (χ0v) is 9.87. The summed E-state index contributed by atoms with van der Waals surface area (Å²) in [7, 11) is 0. The predicted molar refractivity (Wildman–Crippen MR) is 62.9 cm³/mol. The highest BCUT2D eigenvalue weighted by molar-refractivity contribution is 7.09. The molecule has 0 saturated heterocycles. The summed E-state index contributed by atoms with van der Waals surface area (Å²) in [5, 5.41) is 3.11. The lowest BCUT2D eigenvalue weighted by Gasteiger charge is -2.26. The van der Waals surface area contributed by atoms with Gasteiger partial charge < -0.3 is 10.6 Å². The summed E-state index contributed by atoms with van der Waals surface area (Å²) in [6, 6.07) is 0.257. The topological polar surface area (TPSA) is 54.5 Å². The maximum Gasteiger partial charge on any atom is 0.192 e. The van der Waals surface area contributed by atoms with Gasteiger partial charge in [0.1, 0.15) is 11.0 Å². The Kier molecular flexibility index (Phi) is 2.90. The van der Waals surface area contributed by atoms with Crippen LogP contribution in [-0.4, -0.2) is 28.9 Å². The Morgan fingerprint density at radius 3 is 3.07 bits per heavy atom. The normalized spacial score (nSPS) is 21.1. The van der Waals surface area contributed by atoms with Crippen LogP contribution in [0.4, 0.5) is 0 Å². The minimum absolute atomic E-state index is 0.257. The van der Waals surface area contributed by atoms with Crippen molar-refractivity contribution >= 4 is 17.3 Å². The van der Waals surface area contributed by atoms with Crippen LogP contribution in [0.1, 0.15) is 24.9 Å². The molecule has 1 aliphatic heterocycles. The number of nitrogens with two attached hydrogens (primary N) is 1. The van der Waals surface area contributed by atoms with Crippen molar-refractivity contribution in [3.63, 3.8) is 0 Å². The fraction of sp³-hybridized carbons (Fsp3) is 0.600. The number of aliphatic imine (C=N–C) groups is 1. The maximum atomic E-state index is 5.88. The van der Waals surface area contributed by atoms with Crippen molar-refractivity contribution in [2.75, 3.05) is 13.1 Å². The highest BCUT2D eigenvalue weighted by Gasteiger charge is 2.29. The van der Waals surface area contributed by atoms with Gasteiger partial charge in [-0.05, 0) is 5.92 Å². The van der Waals surface area contributed by atoms with Gasteiger partial charge in [0.25, 0.3) is 0 Å². The smallest absolute Gasteiger partial charge is 0.192 e. The Morgan fingerprint density at radius 1 is 1.67 bits per heavy atom. The first-order valence-electron chi connectivity index (χ1n) is 5.14. The van der Waals surface area contributed by atoms with Crippen molar-refractivity contribution in [3.8, 4) is 0 Å². The van der Waals surface area contributed by atoms with Crippen LogP contribution in [0.5, 0.6) is 0 Å². The van der Waals surface area contributed by atoms with Gasteiger partial charge in [-0.15, -0.1) is 11.3 Å². The summed E-state index contributed by atoms with van der Waals surface area (Å²) in [5.41, 5.74) is 5.88. The highest BCUT2D eigenvalue weighted by atomic mass is 32.1. The summed E-state index contributed by atoms with van der Waals surface area (Å²) in [6.45, 7) is 6.06. The lowest BCUT2D eigenvalue weighted by Crippen LogP contribution is -2.38.